The van der Waals surface area contributed by atoms with Gasteiger partial charge in [0.2, 0.25) is 0 Å². The summed E-state index contributed by atoms with van der Waals surface area (Å²) >= 11 is 6.45. The quantitative estimate of drug-likeness (QED) is 0.170. The lowest BCUT2D eigenvalue weighted by molar-refractivity contribution is -0.752. The van der Waals surface area contributed by atoms with E-state index in [0.717, 1.165) is 22.8 Å². The third-order valence-electron chi connectivity index (χ3n) is 7.94. The lowest BCUT2D eigenvalue weighted by Gasteiger charge is -2.07. The number of halogens is 1. The van der Waals surface area contributed by atoms with Crippen molar-refractivity contribution < 1.29 is 14.3 Å². The molecule has 7 rings (SSSR count). The minimum atomic E-state index is -0.417. The number of nitrogens with one attached hydrogen (secondary N) is 2. The zero-order valence-corrected chi connectivity index (χ0v) is 29.4. The molecule has 0 saturated carbocycles. The first-order valence-corrected chi connectivity index (χ1v) is 16.7. The molecule has 0 fully saturated rings. The summed E-state index contributed by atoms with van der Waals surface area (Å²) < 4.78 is 4.67. The van der Waals surface area contributed by atoms with Crippen LogP contribution in [0.2, 0.25) is 5.15 Å². The first-order valence-electron chi connectivity index (χ1n) is 16.3. The van der Waals surface area contributed by atoms with Crippen molar-refractivity contribution in [1.82, 2.24) is 80.9 Å². The maximum atomic E-state index is 12.8. The molecule has 19 nitrogen and oxygen atoms in total. The summed E-state index contributed by atoms with van der Waals surface area (Å²) in [6.07, 6.45) is 6.70. The number of pyridine rings is 2. The summed E-state index contributed by atoms with van der Waals surface area (Å²) in [5.74, 6) is -0.348. The Bertz CT molecular complexity index is 2410. The molecule has 7 aromatic rings. The number of carbonyl (C=O) groups is 2. The fraction of sp³-hybridized carbons (Fsp3) is 0.212. The second-order valence-corrected chi connectivity index (χ2v) is 12.1. The molecule has 2 amide bonds. The zero-order valence-electron chi connectivity index (χ0n) is 28.7. The van der Waals surface area contributed by atoms with Gasteiger partial charge in [0.1, 0.15) is 5.69 Å². The number of carbonyl (C=O) groups excluding carboxylic acids is 2. The van der Waals surface area contributed by atoms with E-state index >= 15 is 0 Å². The Hall–Kier alpha value is -6.89. The molecule has 0 unspecified atom stereocenters. The van der Waals surface area contributed by atoms with E-state index in [4.69, 9.17) is 16.6 Å². The highest BCUT2D eigenvalue weighted by Gasteiger charge is 2.18. The summed E-state index contributed by atoms with van der Waals surface area (Å²) in [5.41, 5.74) is 6.02. The highest BCUT2D eigenvalue weighted by molar-refractivity contribution is 6.28. The average Bonchev–Trinajstić information content (AvgIpc) is 3.97. The molecule has 0 aliphatic carbocycles. The highest BCUT2D eigenvalue weighted by atomic mass is 35.5. The highest BCUT2D eigenvalue weighted by Crippen LogP contribution is 2.14. The van der Waals surface area contributed by atoms with E-state index in [-0.39, 0.29) is 24.5 Å². The third-order valence-corrected chi connectivity index (χ3v) is 8.26. The molecule has 7 heterocycles. The van der Waals surface area contributed by atoms with E-state index < -0.39 is 11.8 Å². The Morgan fingerprint density at radius 3 is 1.92 bits per heavy atom. The van der Waals surface area contributed by atoms with Crippen molar-refractivity contribution in [3.8, 4) is 17.2 Å². The smallest absolute Gasteiger partial charge is 0.300 e. The number of hydrogen-bond donors (Lipinski definition) is 2. The molecule has 0 aliphatic heterocycles. The van der Waals surface area contributed by atoms with Crippen molar-refractivity contribution in [1.29, 1.82) is 0 Å². The SMILES string of the molecule is Cc1ccc(-n2cc(C(=O)NCc3ccc(Cl)[n+](CCc4ccc(-n5cc(C(=O)NCc6ccc(-n7nccn7)nn6)nn5)c(C)n4)n3)nn2)c(C)n1. The molecule has 0 bridgehead atoms. The molecule has 0 aliphatic rings. The van der Waals surface area contributed by atoms with Gasteiger partial charge in [-0.25, -0.2) is 9.36 Å². The Morgan fingerprint density at radius 1 is 0.698 bits per heavy atom. The number of rotatable bonds is 12. The summed E-state index contributed by atoms with van der Waals surface area (Å²) in [4.78, 5) is 36.1. The first kappa shape index (κ1) is 34.6. The standard InChI is InChI=1S/C33H30ClN17O2/c1-20-4-8-28(21(2)39-20)49-18-27(43-46-49)33(53)36-17-25-6-10-30(34)48(45-25)15-12-23-5-9-29(22(3)40-23)50-19-26(42-47-50)32(52)35-16-24-7-11-31(44-41-24)51-37-13-14-38-51/h4-11,13-14,18-19H,12,15-17H2,1-3H3,(H-,35,36,52,53)/p+1. The van der Waals surface area contributed by atoms with E-state index in [1.807, 2.05) is 45.0 Å². The molecule has 20 heteroatoms. The van der Waals surface area contributed by atoms with Gasteiger partial charge in [0, 0.05) is 17.5 Å². The van der Waals surface area contributed by atoms with Gasteiger partial charge in [-0.05, 0) is 79.9 Å². The van der Waals surface area contributed by atoms with Gasteiger partial charge in [0.25, 0.3) is 11.8 Å². The van der Waals surface area contributed by atoms with Gasteiger partial charge in [-0.2, -0.15) is 15.3 Å². The second kappa shape index (κ2) is 15.2. The molecule has 7 aromatic heterocycles. The molecule has 0 saturated heterocycles. The van der Waals surface area contributed by atoms with Gasteiger partial charge >= 0.3 is 5.15 Å². The van der Waals surface area contributed by atoms with Crippen LogP contribution in [0.5, 0.6) is 0 Å². The summed E-state index contributed by atoms with van der Waals surface area (Å²) in [7, 11) is 0. The summed E-state index contributed by atoms with van der Waals surface area (Å²) in [6, 6.07) is 14.4. The fourth-order valence-electron chi connectivity index (χ4n) is 5.25. The van der Waals surface area contributed by atoms with Crippen molar-refractivity contribution in [3.63, 3.8) is 0 Å². The number of hydrogen-bond acceptors (Lipinski definition) is 13. The summed E-state index contributed by atoms with van der Waals surface area (Å²) in [5, 5.41) is 43.1. The molecule has 2 N–H and O–H groups in total. The number of aromatic nitrogens is 15. The minimum Gasteiger partial charge on any atom is -0.345 e. The molecule has 53 heavy (non-hydrogen) atoms. The molecule has 0 radical (unpaired) electrons. The van der Waals surface area contributed by atoms with E-state index in [9.17, 15) is 9.59 Å². The molecule has 0 spiro atoms. The van der Waals surface area contributed by atoms with Crippen molar-refractivity contribution in [3.05, 3.63) is 124 Å². The third kappa shape index (κ3) is 8.04. The van der Waals surface area contributed by atoms with Gasteiger partial charge < -0.3 is 10.6 Å². The van der Waals surface area contributed by atoms with Crippen LogP contribution in [0.4, 0.5) is 0 Å². The molecule has 0 aromatic carbocycles. The van der Waals surface area contributed by atoms with Crippen molar-refractivity contribution in [2.45, 2.75) is 46.8 Å². The molecular weight excluding hydrogens is 702 g/mol. The predicted octanol–water partition coefficient (Wildman–Crippen LogP) is 1.37. The van der Waals surface area contributed by atoms with Crippen LogP contribution >= 0.6 is 11.6 Å². The van der Waals surface area contributed by atoms with E-state index in [1.165, 1.54) is 20.4 Å². The Labute approximate surface area is 306 Å². The topological polar surface area (TPSA) is 219 Å². The van der Waals surface area contributed by atoms with Gasteiger partial charge in [0.05, 0.1) is 72.8 Å². The lowest BCUT2D eigenvalue weighted by Crippen LogP contribution is -2.42. The Morgan fingerprint density at radius 2 is 1.30 bits per heavy atom. The molecule has 0 atom stereocenters. The first-order chi connectivity index (χ1) is 25.7. The number of nitrogens with zero attached hydrogens (tertiary/aromatic N) is 15. The van der Waals surface area contributed by atoms with E-state index in [1.54, 1.807) is 47.5 Å². The van der Waals surface area contributed by atoms with Crippen LogP contribution < -0.4 is 15.3 Å². The van der Waals surface area contributed by atoms with Gasteiger partial charge in [0.15, 0.2) is 23.8 Å². The van der Waals surface area contributed by atoms with Crippen LogP contribution in [0.1, 0.15) is 55.1 Å². The largest absolute Gasteiger partial charge is 0.345 e. The van der Waals surface area contributed by atoms with Crippen molar-refractivity contribution >= 4 is 23.4 Å². The Balaban J connectivity index is 0.920. The van der Waals surface area contributed by atoms with Crippen LogP contribution in [0, 0.1) is 20.8 Å². The Kier molecular flexibility index (Phi) is 9.88. The van der Waals surface area contributed by atoms with Gasteiger partial charge in [-0.3, -0.25) is 19.6 Å². The van der Waals surface area contributed by atoms with Crippen LogP contribution in [0.15, 0.2) is 73.3 Å². The van der Waals surface area contributed by atoms with Crippen LogP contribution in [-0.4, -0.2) is 82.1 Å². The fourth-order valence-corrected chi connectivity index (χ4v) is 5.43. The van der Waals surface area contributed by atoms with Gasteiger partial charge in [-0.1, -0.05) is 15.1 Å². The maximum Gasteiger partial charge on any atom is 0.300 e. The van der Waals surface area contributed by atoms with E-state index in [2.05, 4.69) is 61.7 Å². The van der Waals surface area contributed by atoms with E-state index in [0.29, 0.717) is 46.7 Å². The van der Waals surface area contributed by atoms with Crippen molar-refractivity contribution in [2.75, 3.05) is 0 Å². The monoisotopic (exact) mass is 732 g/mol. The second-order valence-electron chi connectivity index (χ2n) is 11.7. The predicted molar refractivity (Wildman–Crippen MR) is 185 cm³/mol. The maximum absolute atomic E-state index is 12.8. The lowest BCUT2D eigenvalue weighted by atomic mass is 10.2. The zero-order chi connectivity index (χ0) is 36.9. The number of amides is 2. The van der Waals surface area contributed by atoms with Crippen molar-refractivity contribution in [2.24, 2.45) is 0 Å². The number of aryl methyl sites for hydroxylation is 5. The van der Waals surface area contributed by atoms with Gasteiger partial charge in [-0.15, -0.1) is 20.1 Å². The molecular formula is C33H31ClN17O2+. The average molecular weight is 733 g/mol. The van der Waals surface area contributed by atoms with Crippen LogP contribution in [0.25, 0.3) is 17.2 Å². The van der Waals surface area contributed by atoms with Crippen LogP contribution in [0.3, 0.4) is 0 Å². The minimum absolute atomic E-state index is 0.133. The normalized spacial score (nSPS) is 11.1. The van der Waals surface area contributed by atoms with Crippen LogP contribution in [-0.2, 0) is 26.1 Å². The summed E-state index contributed by atoms with van der Waals surface area (Å²) in [6.45, 7) is 6.37. The molecule has 266 valence electrons.